The van der Waals surface area contributed by atoms with Gasteiger partial charge < -0.3 is 127 Å². The third kappa shape index (κ3) is 25.8. The first-order chi connectivity index (χ1) is 59.4. The van der Waals surface area contributed by atoms with Crippen LogP contribution in [0.2, 0.25) is 0 Å². The summed E-state index contributed by atoms with van der Waals surface area (Å²) in [6, 6.07) is 44.9. The molecule has 2 amide bonds. The van der Waals surface area contributed by atoms with E-state index in [0.717, 1.165) is 47.3 Å². The Morgan fingerprint density at radius 1 is 0.565 bits per heavy atom. The number of alkyl halides is 3. The van der Waals surface area contributed by atoms with Crippen molar-refractivity contribution < 1.29 is 148 Å². The van der Waals surface area contributed by atoms with Crippen molar-refractivity contribution in [2.45, 2.75) is 212 Å². The van der Waals surface area contributed by atoms with Crippen molar-refractivity contribution in [2.24, 2.45) is 11.5 Å². The Kier molecular flexibility index (Phi) is 34.0. The molecule has 6 aromatic carbocycles. The number of aliphatic hydroxyl groups excluding tert-OH is 1. The predicted octanol–water partition coefficient (Wildman–Crippen LogP) is 6.55. The summed E-state index contributed by atoms with van der Waals surface area (Å²) in [5, 5.41) is 18.8. The van der Waals surface area contributed by atoms with Gasteiger partial charge in [-0.2, -0.15) is 0 Å². The average Bonchev–Trinajstić information content (AvgIpc) is 0.731. The van der Waals surface area contributed by atoms with Crippen molar-refractivity contribution in [2.75, 3.05) is 47.2 Å². The number of carbonyl (C=O) groups is 9. The number of aliphatic hydroxyl groups is 1. The molecule has 7 N–H and O–H groups in total. The van der Waals surface area contributed by atoms with Crippen molar-refractivity contribution in [3.05, 3.63) is 204 Å². The average molecular weight is 1790 g/mol. The number of ether oxygens (including phenoxy) is 21. The Balaban J connectivity index is 1.07. The monoisotopic (exact) mass is 1790 g/mol. The van der Waals surface area contributed by atoms with E-state index in [0.29, 0.717) is 28.2 Å². The van der Waals surface area contributed by atoms with Crippen LogP contribution in [0.3, 0.4) is 0 Å². The Morgan fingerprint density at radius 2 is 1.09 bits per heavy atom. The van der Waals surface area contributed by atoms with Crippen LogP contribution < -0.4 is 31.6 Å². The highest BCUT2D eigenvalue weighted by molar-refractivity contribution is 6.67. The molecule has 5 aliphatic rings. The van der Waals surface area contributed by atoms with Crippen molar-refractivity contribution in [1.82, 2.24) is 10.6 Å². The van der Waals surface area contributed by atoms with Crippen molar-refractivity contribution in [3.8, 4) is 11.5 Å². The Labute approximate surface area is 728 Å². The molecule has 35 nitrogen and oxygen atoms in total. The first-order valence-corrected chi connectivity index (χ1v) is 40.7. The molecule has 11 rings (SSSR count). The number of methoxy groups -OCH3 is 2. The summed E-state index contributed by atoms with van der Waals surface area (Å²) in [6.07, 6.45) is -33.7. The van der Waals surface area contributed by atoms with E-state index in [1.165, 1.54) is 31.4 Å². The second-order valence-electron chi connectivity index (χ2n) is 29.6. The largest absolute Gasteiger partial charge is 0.497 e. The number of hydrogen-bond donors (Lipinski definition) is 5. The number of alkyl carbamates (subject to hydrolysis) is 1. The van der Waals surface area contributed by atoms with Crippen molar-refractivity contribution >= 4 is 88.6 Å². The van der Waals surface area contributed by atoms with Crippen LogP contribution in [0.5, 0.6) is 11.5 Å². The molecule has 670 valence electrons. The third-order valence-corrected chi connectivity index (χ3v) is 20.7. The Morgan fingerprint density at radius 3 is 1.63 bits per heavy atom. The molecule has 38 heteroatoms. The lowest BCUT2D eigenvalue weighted by Gasteiger charge is -2.53. The van der Waals surface area contributed by atoms with Crippen LogP contribution in [0, 0.1) is 0 Å². The lowest BCUT2D eigenvalue weighted by Crippen LogP contribution is -2.75. The first-order valence-electron chi connectivity index (χ1n) is 39.6. The fourth-order valence-electron chi connectivity index (χ4n) is 14.8. The summed E-state index contributed by atoms with van der Waals surface area (Å²) < 4.78 is 132. The van der Waals surface area contributed by atoms with Crippen LogP contribution in [-0.4, -0.2) is 244 Å². The fourth-order valence-corrected chi connectivity index (χ4v) is 14.9. The molecule has 1 spiro atoms. The van der Waals surface area contributed by atoms with Crippen molar-refractivity contribution in [3.63, 3.8) is 0 Å². The second kappa shape index (κ2) is 44.4. The Bertz CT molecular complexity index is 4500. The highest BCUT2D eigenvalue weighted by atomic mass is 35.6. The smallest absolute Gasteiger partial charge is 0.407 e. The highest BCUT2D eigenvalue weighted by Crippen LogP contribution is 2.45. The summed E-state index contributed by atoms with van der Waals surface area (Å²) in [7, 11) is 2.42. The van der Waals surface area contributed by atoms with Gasteiger partial charge in [0, 0.05) is 41.2 Å². The number of nitrogens with one attached hydrogen (secondary N) is 2. The topological polar surface area (TPSA) is 444 Å². The maximum absolute atomic E-state index is 15.9. The van der Waals surface area contributed by atoms with Gasteiger partial charge in [-0.3, -0.25) is 28.8 Å². The molecular formula is C86H99Cl3N4O31. The Hall–Kier alpha value is -9.74. The predicted molar refractivity (Wildman–Crippen MR) is 432 cm³/mol. The standard InChI is InChI=1S/C86H99Cl3N4O31/c1-48(94)108-46-65(113-50(3)96)71(115-52(5)98)74-66(90)60(112-49(2)95)37-84(122-74)81(101)92-39-62(121-84)70(114-51(4)97)73-67(91)61(117-78(100)57-31-21-12-22-32-57)38-85(123-73,82(102)105-7)124-75-68(93-83(103)111-47-86(87,88)89)79(118-63(69(75)99)44-106-40-53-23-13-8-14-24-53)120-72-64(45-107-41-54-25-15-9-16-26-54)119-80(116-59-35-33-58(104-6)34-36-59)77(110-43-56-29-19-11-20-30-56)76(72)109-42-55-27-17-10-18-28-55/h8-36,60-77,79-80,99H,37-47,90-91H2,1-7H3,(H,92,101)(H,93,103)/t60-,61-,62+,63+,64+,65+,66+,67+,68+,69-,70+,71+,72+,73+,74+,75+,76-,77+,79-,80+,84+,85-/m0/s1. The third-order valence-electron chi connectivity index (χ3n) is 20.4. The molecule has 0 unspecified atom stereocenters. The van der Waals surface area contributed by atoms with Crippen LogP contribution in [-0.2, 0) is 150 Å². The van der Waals surface area contributed by atoms with Crippen LogP contribution in [0.15, 0.2) is 176 Å². The lowest BCUT2D eigenvalue weighted by atomic mass is 9.86. The number of rotatable bonds is 36. The zero-order chi connectivity index (χ0) is 88.8. The summed E-state index contributed by atoms with van der Waals surface area (Å²) in [5.41, 5.74) is 16.9. The molecule has 0 saturated carbocycles. The molecule has 5 heterocycles. The van der Waals surface area contributed by atoms with Crippen molar-refractivity contribution in [1.29, 1.82) is 0 Å². The van der Waals surface area contributed by atoms with Gasteiger partial charge in [-0.25, -0.2) is 14.4 Å². The molecule has 6 aromatic rings. The van der Waals surface area contributed by atoms with E-state index in [-0.39, 0.29) is 38.6 Å². The molecule has 0 aliphatic carbocycles. The summed E-state index contributed by atoms with van der Waals surface area (Å²) in [4.78, 5) is 126. The maximum atomic E-state index is 15.9. The summed E-state index contributed by atoms with van der Waals surface area (Å²) in [5.74, 6) is -13.9. The van der Waals surface area contributed by atoms with Gasteiger partial charge in [0.15, 0.2) is 24.6 Å². The van der Waals surface area contributed by atoms with Crippen LogP contribution in [0.1, 0.15) is 80.1 Å². The molecular weight excluding hydrogens is 1690 g/mol. The number of benzene rings is 6. The lowest BCUT2D eigenvalue weighted by molar-refractivity contribution is -0.375. The van der Waals surface area contributed by atoms with Gasteiger partial charge >= 0.3 is 47.9 Å². The molecule has 0 radical (unpaired) electrons. The van der Waals surface area contributed by atoms with E-state index >= 15 is 4.79 Å². The zero-order valence-corrected chi connectivity index (χ0v) is 70.8. The maximum Gasteiger partial charge on any atom is 0.407 e. The first kappa shape index (κ1) is 94.9. The number of nitrogens with two attached hydrogens (primary N) is 2. The summed E-state index contributed by atoms with van der Waals surface area (Å²) >= 11 is 18.7. The van der Waals surface area contributed by atoms with E-state index < -0.39 is 231 Å². The molecule has 5 fully saturated rings. The van der Waals surface area contributed by atoms with Gasteiger partial charge in [-0.15, -0.1) is 0 Å². The zero-order valence-electron chi connectivity index (χ0n) is 68.6. The molecule has 0 bridgehead atoms. The summed E-state index contributed by atoms with van der Waals surface area (Å²) in [6.45, 7) is 1.27. The van der Waals surface area contributed by atoms with Gasteiger partial charge in [-0.1, -0.05) is 174 Å². The number of halogens is 3. The fraction of sp³-hybridized carbons (Fsp3) is 0.477. The minimum Gasteiger partial charge on any atom is -0.497 e. The normalized spacial score (nSPS) is 28.1. The minimum atomic E-state index is -3.20. The molecule has 5 aliphatic heterocycles. The number of carbonyl (C=O) groups excluding carboxylic acids is 9. The van der Waals surface area contributed by atoms with E-state index in [4.69, 9.17) is 146 Å². The van der Waals surface area contributed by atoms with Gasteiger partial charge in [-0.05, 0) is 58.7 Å². The van der Waals surface area contributed by atoms with Gasteiger partial charge in [0.1, 0.15) is 104 Å². The number of amides is 2. The number of esters is 7. The molecule has 22 atom stereocenters. The van der Waals surface area contributed by atoms with Gasteiger partial charge in [0.05, 0.1) is 84.3 Å². The number of morpholine rings is 1. The van der Waals surface area contributed by atoms with Crippen LogP contribution >= 0.6 is 34.8 Å². The van der Waals surface area contributed by atoms with Crippen LogP contribution in [0.4, 0.5) is 4.79 Å². The van der Waals surface area contributed by atoms with E-state index in [2.05, 4.69) is 10.6 Å². The van der Waals surface area contributed by atoms with E-state index in [1.807, 2.05) is 91.0 Å². The number of hydrogen-bond acceptors (Lipinski definition) is 33. The van der Waals surface area contributed by atoms with Gasteiger partial charge in [0.2, 0.25) is 10.1 Å². The van der Waals surface area contributed by atoms with E-state index in [9.17, 15) is 43.5 Å². The second-order valence-corrected chi connectivity index (χ2v) is 32.1. The van der Waals surface area contributed by atoms with Gasteiger partial charge in [0.25, 0.3) is 17.5 Å². The quantitative estimate of drug-likeness (QED) is 0.0158. The van der Waals surface area contributed by atoms with E-state index in [1.54, 1.807) is 60.7 Å². The highest BCUT2D eigenvalue weighted by Gasteiger charge is 2.66. The SMILES string of the molecule is COC(=O)[C@@]1(O[C@H]2[C@@H](O)[C@@H](COCc3ccccc3)O[C@@H](O[C@H]3[C@H](OCc4ccccc4)[C@@H](OCc4ccccc4)[C@H](Oc4ccc(OC)cc4)O[C@@H]3COCc3ccccc3)[C@@H]2NC(=O)OCC(Cl)(Cl)Cl)C[C@H](OC(=O)c2ccccc2)[C@@H](N)[C@H]([C@H](OC(C)=O)[C@H]2CNC(=O)[C@]3(C[C@H](OC(C)=O)[C@@H](N)[C@H]([C@H](OC(C)=O)[C@@H](COC(C)=O)OC(C)=O)O3)O2)O1. The molecule has 124 heavy (non-hydrogen) atoms. The van der Waals surface area contributed by atoms with Crippen LogP contribution in [0.25, 0.3) is 0 Å². The molecule has 5 saturated heterocycles. The molecule has 0 aromatic heterocycles. The minimum absolute atomic E-state index is 0.00276.